The maximum atomic E-state index is 12.4. The van der Waals surface area contributed by atoms with E-state index in [1.807, 2.05) is 41.2 Å². The van der Waals surface area contributed by atoms with E-state index in [2.05, 4.69) is 39.6 Å². The van der Waals surface area contributed by atoms with Crippen LogP contribution in [0.2, 0.25) is 0 Å². The number of carbonyl (C=O) groups is 1. The fourth-order valence-electron chi connectivity index (χ4n) is 3.60. The summed E-state index contributed by atoms with van der Waals surface area (Å²) in [5, 5.41) is 7.26. The highest BCUT2D eigenvalue weighted by Crippen LogP contribution is 2.27. The van der Waals surface area contributed by atoms with E-state index in [4.69, 9.17) is 0 Å². The van der Waals surface area contributed by atoms with Crippen molar-refractivity contribution in [2.45, 2.75) is 19.4 Å². The summed E-state index contributed by atoms with van der Waals surface area (Å²) in [7, 11) is 0. The number of aromatic nitrogens is 2. The Balaban J connectivity index is 1.26. The molecule has 3 aromatic rings. The molecule has 138 valence electrons. The van der Waals surface area contributed by atoms with Gasteiger partial charge in [-0.1, -0.05) is 30.3 Å². The summed E-state index contributed by atoms with van der Waals surface area (Å²) in [4.78, 5) is 14.9. The lowest BCUT2D eigenvalue weighted by Crippen LogP contribution is -2.29. The van der Waals surface area contributed by atoms with E-state index in [-0.39, 0.29) is 5.91 Å². The molecule has 1 aliphatic rings. The van der Waals surface area contributed by atoms with Crippen molar-refractivity contribution < 1.29 is 4.79 Å². The maximum Gasteiger partial charge on any atom is 0.251 e. The fraction of sp³-hybridized carbons (Fsp3) is 0.273. The van der Waals surface area contributed by atoms with Gasteiger partial charge < -0.3 is 10.2 Å². The summed E-state index contributed by atoms with van der Waals surface area (Å²) in [6, 6.07) is 18.2. The molecule has 0 aliphatic carbocycles. The van der Waals surface area contributed by atoms with Gasteiger partial charge in [0.2, 0.25) is 0 Å². The van der Waals surface area contributed by atoms with Crippen LogP contribution in [-0.4, -0.2) is 35.3 Å². The van der Waals surface area contributed by atoms with Gasteiger partial charge in [-0.3, -0.25) is 9.48 Å². The van der Waals surface area contributed by atoms with E-state index in [0.717, 1.165) is 31.5 Å². The highest BCUT2D eigenvalue weighted by atomic mass is 16.1. The van der Waals surface area contributed by atoms with Crippen LogP contribution in [0.15, 0.2) is 67.0 Å². The summed E-state index contributed by atoms with van der Waals surface area (Å²) in [5.74, 6) is -0.0147. The molecule has 2 aromatic carbocycles. The van der Waals surface area contributed by atoms with Crippen LogP contribution in [0.1, 0.15) is 27.9 Å². The Bertz CT molecular complexity index is 904. The van der Waals surface area contributed by atoms with Crippen molar-refractivity contribution in [3.63, 3.8) is 0 Å². The first-order valence-electron chi connectivity index (χ1n) is 9.47. The second kappa shape index (κ2) is 8.08. The molecule has 0 unspecified atom stereocenters. The number of anilines is 1. The molecule has 5 heteroatoms. The summed E-state index contributed by atoms with van der Waals surface area (Å²) >= 11 is 0. The number of benzene rings is 2. The molecular weight excluding hydrogens is 336 g/mol. The zero-order valence-corrected chi connectivity index (χ0v) is 15.3. The van der Waals surface area contributed by atoms with E-state index >= 15 is 0 Å². The van der Waals surface area contributed by atoms with Crippen LogP contribution in [0.4, 0.5) is 5.69 Å². The third-order valence-corrected chi connectivity index (χ3v) is 4.97. The molecule has 1 N–H and O–H groups in total. The lowest BCUT2D eigenvalue weighted by Gasteiger charge is -2.19. The summed E-state index contributed by atoms with van der Waals surface area (Å²) in [5.41, 5.74) is 4.54. The van der Waals surface area contributed by atoms with Crippen LogP contribution in [-0.2, 0) is 13.0 Å². The van der Waals surface area contributed by atoms with Crippen molar-refractivity contribution in [2.24, 2.45) is 0 Å². The van der Waals surface area contributed by atoms with Crippen molar-refractivity contribution in [3.05, 3.63) is 83.7 Å². The molecule has 5 nitrogen and oxygen atoms in total. The predicted molar refractivity (Wildman–Crippen MR) is 107 cm³/mol. The lowest BCUT2D eigenvalue weighted by molar-refractivity contribution is 0.0953. The average Bonchev–Trinajstić information content (AvgIpc) is 3.35. The number of hydrogen-bond donors (Lipinski definition) is 1. The number of fused-ring (bicyclic) bond motifs is 1. The number of nitrogens with zero attached hydrogens (tertiary/aromatic N) is 3. The number of carbonyl (C=O) groups excluding carboxylic acids is 1. The molecule has 27 heavy (non-hydrogen) atoms. The summed E-state index contributed by atoms with van der Waals surface area (Å²) in [6.07, 6.45) is 5.73. The van der Waals surface area contributed by atoms with Crippen molar-refractivity contribution >= 4 is 11.6 Å². The molecule has 2 heterocycles. The van der Waals surface area contributed by atoms with Crippen LogP contribution < -0.4 is 10.2 Å². The van der Waals surface area contributed by atoms with Crippen molar-refractivity contribution in [2.75, 3.05) is 24.5 Å². The van der Waals surface area contributed by atoms with Crippen LogP contribution in [0, 0.1) is 0 Å². The number of amides is 1. The zero-order valence-electron chi connectivity index (χ0n) is 15.3. The third-order valence-electron chi connectivity index (χ3n) is 4.97. The minimum atomic E-state index is -0.0147. The first-order chi connectivity index (χ1) is 13.3. The molecule has 0 fully saturated rings. The average molecular weight is 360 g/mol. The van der Waals surface area contributed by atoms with E-state index in [0.29, 0.717) is 18.7 Å². The molecule has 1 amide bonds. The highest BCUT2D eigenvalue weighted by molar-refractivity contribution is 5.94. The highest BCUT2D eigenvalue weighted by Gasteiger charge is 2.17. The minimum absolute atomic E-state index is 0.0147. The Morgan fingerprint density at radius 3 is 2.93 bits per heavy atom. The maximum absolute atomic E-state index is 12.4. The van der Waals surface area contributed by atoms with Gasteiger partial charge in [-0.2, -0.15) is 5.10 Å². The van der Waals surface area contributed by atoms with Crippen molar-refractivity contribution in [3.8, 4) is 0 Å². The second-order valence-electron chi connectivity index (χ2n) is 6.88. The molecule has 0 saturated carbocycles. The monoisotopic (exact) mass is 360 g/mol. The Morgan fingerprint density at radius 1 is 1.11 bits per heavy atom. The number of rotatable bonds is 7. The Morgan fingerprint density at radius 2 is 2.04 bits per heavy atom. The summed E-state index contributed by atoms with van der Waals surface area (Å²) in [6.45, 7) is 3.39. The second-order valence-corrected chi connectivity index (χ2v) is 6.88. The van der Waals surface area contributed by atoms with Crippen LogP contribution in [0.3, 0.4) is 0 Å². The quantitative estimate of drug-likeness (QED) is 0.659. The van der Waals surface area contributed by atoms with Gasteiger partial charge in [-0.05, 0) is 48.2 Å². The van der Waals surface area contributed by atoms with E-state index in [1.54, 1.807) is 6.20 Å². The van der Waals surface area contributed by atoms with Gasteiger partial charge in [-0.15, -0.1) is 0 Å². The van der Waals surface area contributed by atoms with Gasteiger partial charge in [0.25, 0.3) is 5.91 Å². The number of hydrogen-bond acceptors (Lipinski definition) is 3. The van der Waals surface area contributed by atoms with Crippen LogP contribution in [0.5, 0.6) is 0 Å². The molecule has 0 bridgehead atoms. The molecular formula is C22H24N4O. The predicted octanol–water partition coefficient (Wildman–Crippen LogP) is 3.11. The Labute approximate surface area is 159 Å². The Hall–Kier alpha value is -3.08. The van der Waals surface area contributed by atoms with Gasteiger partial charge in [0.1, 0.15) is 0 Å². The normalized spacial score (nSPS) is 12.8. The van der Waals surface area contributed by atoms with Crippen molar-refractivity contribution in [1.29, 1.82) is 0 Å². The van der Waals surface area contributed by atoms with Gasteiger partial charge in [-0.25, -0.2) is 0 Å². The number of nitrogens with one attached hydrogen (secondary N) is 1. The van der Waals surface area contributed by atoms with E-state index in [9.17, 15) is 4.79 Å². The standard InChI is InChI=1S/C22H24N4O/c27-22(20-8-3-6-18(16-20)17-26-14-5-12-24-26)23-11-4-13-25-15-10-19-7-1-2-9-21(19)25/h1-3,5-9,12,14,16H,4,10-11,13,15,17H2,(H,23,27). The Kier molecular flexibility index (Phi) is 5.19. The van der Waals surface area contributed by atoms with E-state index in [1.165, 1.54) is 11.3 Å². The minimum Gasteiger partial charge on any atom is -0.371 e. The SMILES string of the molecule is O=C(NCCCN1CCc2ccccc21)c1cccc(Cn2cccn2)c1. The lowest BCUT2D eigenvalue weighted by atomic mass is 10.1. The molecule has 0 saturated heterocycles. The fourth-order valence-corrected chi connectivity index (χ4v) is 3.60. The zero-order chi connectivity index (χ0) is 18.5. The van der Waals surface area contributed by atoms with E-state index < -0.39 is 0 Å². The first-order valence-corrected chi connectivity index (χ1v) is 9.47. The summed E-state index contributed by atoms with van der Waals surface area (Å²) < 4.78 is 1.85. The van der Waals surface area contributed by atoms with Gasteiger partial charge in [0, 0.05) is 43.3 Å². The molecule has 1 aliphatic heterocycles. The van der Waals surface area contributed by atoms with Crippen molar-refractivity contribution in [1.82, 2.24) is 15.1 Å². The van der Waals surface area contributed by atoms with Crippen LogP contribution in [0.25, 0.3) is 0 Å². The molecule has 0 radical (unpaired) electrons. The van der Waals surface area contributed by atoms with Gasteiger partial charge in [0.05, 0.1) is 6.54 Å². The topological polar surface area (TPSA) is 50.2 Å². The molecule has 0 atom stereocenters. The largest absolute Gasteiger partial charge is 0.371 e. The molecule has 4 rings (SSSR count). The smallest absolute Gasteiger partial charge is 0.251 e. The molecule has 0 spiro atoms. The number of para-hydroxylation sites is 1. The first kappa shape index (κ1) is 17.3. The van der Waals surface area contributed by atoms with Gasteiger partial charge >= 0.3 is 0 Å². The molecule has 1 aromatic heterocycles. The van der Waals surface area contributed by atoms with Crippen LogP contribution >= 0.6 is 0 Å². The third kappa shape index (κ3) is 4.19. The van der Waals surface area contributed by atoms with Gasteiger partial charge in [0.15, 0.2) is 0 Å².